The van der Waals surface area contributed by atoms with Gasteiger partial charge < -0.3 is 9.64 Å². The summed E-state index contributed by atoms with van der Waals surface area (Å²) < 4.78 is 33.2. The maximum atomic E-state index is 13.7. The summed E-state index contributed by atoms with van der Waals surface area (Å²) in [5.74, 6) is -1.26. The number of carbonyl (C=O) groups excluding carboxylic acids is 1. The third-order valence-corrected chi connectivity index (χ3v) is 5.18. The smallest absolute Gasteiger partial charge is 0.282 e. The van der Waals surface area contributed by atoms with Crippen LogP contribution in [0.1, 0.15) is 29.4 Å². The van der Waals surface area contributed by atoms with Crippen molar-refractivity contribution >= 4 is 11.6 Å². The van der Waals surface area contributed by atoms with Crippen molar-refractivity contribution < 1.29 is 18.3 Å². The lowest BCUT2D eigenvalue weighted by molar-refractivity contribution is 0.0965. The molecule has 30 heavy (non-hydrogen) atoms. The van der Waals surface area contributed by atoms with Crippen LogP contribution in [0.15, 0.2) is 53.3 Å². The molecule has 0 fully saturated rings. The monoisotopic (exact) mass is 411 g/mol. The molecular formula is C22H19F2N3O3. The lowest BCUT2D eigenvalue weighted by Crippen LogP contribution is -2.43. The zero-order chi connectivity index (χ0) is 21.4. The molecule has 0 saturated carbocycles. The minimum absolute atomic E-state index is 0.0322. The van der Waals surface area contributed by atoms with Crippen LogP contribution in [0.5, 0.6) is 5.75 Å². The van der Waals surface area contributed by atoms with Crippen LogP contribution in [0.2, 0.25) is 0 Å². The van der Waals surface area contributed by atoms with Gasteiger partial charge in [0.1, 0.15) is 11.6 Å². The largest absolute Gasteiger partial charge is 0.494 e. The molecule has 1 aliphatic heterocycles. The molecule has 1 atom stereocenters. The Hall–Kier alpha value is -3.55. The number of benzene rings is 2. The van der Waals surface area contributed by atoms with Crippen molar-refractivity contribution in [1.29, 1.82) is 0 Å². The van der Waals surface area contributed by atoms with Gasteiger partial charge in [0.2, 0.25) is 0 Å². The molecule has 0 bridgehead atoms. The van der Waals surface area contributed by atoms with Crippen molar-refractivity contribution in [2.75, 3.05) is 12.0 Å². The molecule has 8 heteroatoms. The Morgan fingerprint density at radius 3 is 2.50 bits per heavy atom. The normalized spacial score (nSPS) is 15.6. The summed E-state index contributed by atoms with van der Waals surface area (Å²) in [5.41, 5.74) is 1.05. The highest BCUT2D eigenvalue weighted by Gasteiger charge is 2.32. The first-order valence-electron chi connectivity index (χ1n) is 9.45. The molecule has 0 N–H and O–H groups in total. The van der Waals surface area contributed by atoms with Gasteiger partial charge in [-0.3, -0.25) is 9.59 Å². The van der Waals surface area contributed by atoms with E-state index in [1.807, 2.05) is 6.92 Å². The highest BCUT2D eigenvalue weighted by atomic mass is 19.1. The molecule has 0 aliphatic carbocycles. The molecule has 4 rings (SSSR count). The van der Waals surface area contributed by atoms with E-state index in [-0.39, 0.29) is 23.3 Å². The number of rotatable bonds is 3. The molecular weight excluding hydrogens is 392 g/mol. The van der Waals surface area contributed by atoms with Crippen molar-refractivity contribution in [3.05, 3.63) is 81.8 Å². The summed E-state index contributed by atoms with van der Waals surface area (Å²) in [6.45, 7) is 1.90. The van der Waals surface area contributed by atoms with E-state index in [0.717, 1.165) is 10.2 Å². The van der Waals surface area contributed by atoms with Gasteiger partial charge in [0.05, 0.1) is 18.9 Å². The first-order valence-corrected chi connectivity index (χ1v) is 9.45. The van der Waals surface area contributed by atoms with Crippen LogP contribution >= 0.6 is 0 Å². The second-order valence-corrected chi connectivity index (χ2v) is 7.12. The van der Waals surface area contributed by atoms with E-state index in [1.165, 1.54) is 49.6 Å². The number of halogens is 2. The van der Waals surface area contributed by atoms with Gasteiger partial charge in [0.15, 0.2) is 11.4 Å². The molecule has 2 aromatic carbocycles. The molecule has 154 valence electrons. The quantitative estimate of drug-likeness (QED) is 0.662. The lowest BCUT2D eigenvalue weighted by Gasteiger charge is -2.35. The van der Waals surface area contributed by atoms with Crippen molar-refractivity contribution in [2.45, 2.75) is 25.8 Å². The maximum absolute atomic E-state index is 13.7. The zero-order valence-electron chi connectivity index (χ0n) is 16.4. The minimum atomic E-state index is -0.524. The fourth-order valence-corrected chi connectivity index (χ4v) is 3.66. The van der Waals surface area contributed by atoms with Crippen LogP contribution in [0, 0.1) is 11.6 Å². The first-order chi connectivity index (χ1) is 14.4. The number of carbonyl (C=O) groups is 1. The van der Waals surface area contributed by atoms with E-state index in [4.69, 9.17) is 4.74 Å². The molecule has 0 unspecified atom stereocenters. The third kappa shape index (κ3) is 3.45. The summed E-state index contributed by atoms with van der Waals surface area (Å²) in [4.78, 5) is 27.5. The Bertz CT molecular complexity index is 1180. The number of methoxy groups -OCH3 is 1. The molecule has 1 amide bonds. The molecule has 3 aromatic rings. The van der Waals surface area contributed by atoms with Crippen molar-refractivity contribution in [3.8, 4) is 11.4 Å². The van der Waals surface area contributed by atoms with Gasteiger partial charge >= 0.3 is 0 Å². The number of aryl methyl sites for hydroxylation is 1. The van der Waals surface area contributed by atoms with Crippen molar-refractivity contribution in [1.82, 2.24) is 9.78 Å². The summed E-state index contributed by atoms with van der Waals surface area (Å²) in [6, 6.07) is 10.5. The lowest BCUT2D eigenvalue weighted by atomic mass is 9.96. The Balaban J connectivity index is 1.84. The van der Waals surface area contributed by atoms with Gasteiger partial charge in [0.25, 0.3) is 11.5 Å². The number of nitrogens with zero attached hydrogens (tertiary/aromatic N) is 3. The van der Waals surface area contributed by atoms with Gasteiger partial charge in [-0.25, -0.2) is 8.78 Å². The second-order valence-electron chi connectivity index (χ2n) is 7.12. The number of aromatic nitrogens is 2. The number of hydrogen-bond acceptors (Lipinski definition) is 4. The Kier molecular flexibility index (Phi) is 5.07. The molecule has 0 radical (unpaired) electrons. The van der Waals surface area contributed by atoms with Crippen LogP contribution in [0.3, 0.4) is 0 Å². The minimum Gasteiger partial charge on any atom is -0.494 e. The summed E-state index contributed by atoms with van der Waals surface area (Å²) >= 11 is 0. The summed E-state index contributed by atoms with van der Waals surface area (Å²) in [5, 5.41) is 4.23. The third-order valence-electron chi connectivity index (χ3n) is 5.18. The van der Waals surface area contributed by atoms with Crippen molar-refractivity contribution in [2.24, 2.45) is 0 Å². The molecule has 0 spiro atoms. The van der Waals surface area contributed by atoms with Gasteiger partial charge in [-0.15, -0.1) is 0 Å². The van der Waals surface area contributed by atoms with E-state index in [9.17, 15) is 18.4 Å². The number of ether oxygens (including phenoxy) is 1. The molecule has 6 nitrogen and oxygen atoms in total. The average Bonchev–Trinajstić information content (AvgIpc) is 2.74. The Labute approximate surface area is 171 Å². The zero-order valence-corrected chi connectivity index (χ0v) is 16.4. The van der Waals surface area contributed by atoms with Crippen LogP contribution in [-0.2, 0) is 6.42 Å². The highest BCUT2D eigenvalue weighted by molar-refractivity contribution is 6.07. The number of fused-ring (bicyclic) bond motifs is 1. The van der Waals surface area contributed by atoms with Crippen molar-refractivity contribution in [3.63, 3.8) is 0 Å². The maximum Gasteiger partial charge on any atom is 0.282 e. The number of anilines is 1. The van der Waals surface area contributed by atoms with Gasteiger partial charge in [0, 0.05) is 11.7 Å². The predicted octanol–water partition coefficient (Wildman–Crippen LogP) is 3.50. The Morgan fingerprint density at radius 1 is 1.10 bits per heavy atom. The summed E-state index contributed by atoms with van der Waals surface area (Å²) in [6.07, 6.45) is 1.31. The fraction of sp³-hybridized carbons (Fsp3) is 0.227. The summed E-state index contributed by atoms with van der Waals surface area (Å²) in [7, 11) is 1.35. The SMILES string of the molecule is COc1cc(=O)n(-c2ccc(F)cc2)nc1C(=O)N1c2ccc(F)cc2CC[C@H]1C. The topological polar surface area (TPSA) is 64.4 Å². The van der Waals surface area contributed by atoms with Crippen LogP contribution in [0.25, 0.3) is 5.69 Å². The van der Waals surface area contributed by atoms with E-state index in [1.54, 1.807) is 11.0 Å². The van der Waals surface area contributed by atoms with Crippen LogP contribution in [-0.4, -0.2) is 28.8 Å². The Morgan fingerprint density at radius 2 is 1.80 bits per heavy atom. The second kappa shape index (κ2) is 7.70. The number of amides is 1. The number of hydrogen-bond donors (Lipinski definition) is 0. The van der Waals surface area contributed by atoms with E-state index in [2.05, 4.69) is 5.10 Å². The first kappa shape index (κ1) is 19.8. The standard InChI is InChI=1S/C22H19F2N3O3/c1-13-3-4-14-11-16(24)7-10-18(14)26(13)22(29)21-19(30-2)12-20(28)27(25-21)17-8-5-15(23)6-9-17/h5-13H,3-4H2,1-2H3/t13-/m1/s1. The van der Waals surface area contributed by atoms with Gasteiger partial charge in [-0.05, 0) is 67.8 Å². The van der Waals surface area contributed by atoms with E-state index >= 15 is 0 Å². The molecule has 1 aliphatic rings. The van der Waals surface area contributed by atoms with Gasteiger partial charge in [-0.1, -0.05) is 0 Å². The average molecular weight is 411 g/mol. The fourth-order valence-electron chi connectivity index (χ4n) is 3.66. The van der Waals surface area contributed by atoms with E-state index in [0.29, 0.717) is 24.2 Å². The van der Waals surface area contributed by atoms with Crippen LogP contribution < -0.4 is 15.2 Å². The molecule has 1 aromatic heterocycles. The van der Waals surface area contributed by atoms with Gasteiger partial charge in [-0.2, -0.15) is 9.78 Å². The van der Waals surface area contributed by atoms with Crippen LogP contribution in [0.4, 0.5) is 14.5 Å². The molecule has 0 saturated heterocycles. The highest BCUT2D eigenvalue weighted by Crippen LogP contribution is 2.33. The predicted molar refractivity (Wildman–Crippen MR) is 107 cm³/mol. The molecule has 2 heterocycles. The van der Waals surface area contributed by atoms with E-state index < -0.39 is 17.3 Å².